The van der Waals surface area contributed by atoms with Crippen molar-refractivity contribution in [1.29, 1.82) is 0 Å². The summed E-state index contributed by atoms with van der Waals surface area (Å²) in [5, 5.41) is 3.85. The molecule has 7 rings (SSSR count). The van der Waals surface area contributed by atoms with Gasteiger partial charge in [0.1, 0.15) is 12.1 Å². The van der Waals surface area contributed by atoms with E-state index in [1.54, 1.807) is 11.2 Å². The molecule has 0 spiro atoms. The first-order valence-electron chi connectivity index (χ1n) is 16.7. The van der Waals surface area contributed by atoms with E-state index in [4.69, 9.17) is 21.3 Å². The summed E-state index contributed by atoms with van der Waals surface area (Å²) in [7, 11) is 0. The molecule has 47 heavy (non-hydrogen) atoms. The smallest absolute Gasteiger partial charge is 0.410 e. The molecule has 9 nitrogen and oxygen atoms in total. The van der Waals surface area contributed by atoms with Crippen molar-refractivity contribution in [2.75, 3.05) is 25.0 Å². The minimum Gasteiger partial charge on any atom is -0.446 e. The van der Waals surface area contributed by atoms with Gasteiger partial charge in [-0.05, 0) is 98.0 Å². The van der Waals surface area contributed by atoms with Crippen LogP contribution < -0.4 is 5.32 Å². The summed E-state index contributed by atoms with van der Waals surface area (Å²) in [6.45, 7) is 3.94. The van der Waals surface area contributed by atoms with Crippen molar-refractivity contribution < 1.29 is 14.3 Å². The van der Waals surface area contributed by atoms with Crippen molar-refractivity contribution in [1.82, 2.24) is 24.3 Å². The van der Waals surface area contributed by atoms with Gasteiger partial charge in [-0.3, -0.25) is 19.6 Å². The Morgan fingerprint density at radius 3 is 2.68 bits per heavy atom. The number of aromatic nitrogens is 3. The maximum atomic E-state index is 14.3. The van der Waals surface area contributed by atoms with Crippen LogP contribution in [0.15, 0.2) is 73.3 Å². The highest BCUT2D eigenvalue weighted by molar-refractivity contribution is 6.30. The first kappa shape index (κ1) is 31.4. The second kappa shape index (κ2) is 13.9. The van der Waals surface area contributed by atoms with E-state index >= 15 is 0 Å². The molecule has 2 aliphatic carbocycles. The van der Waals surface area contributed by atoms with Crippen LogP contribution in [0.5, 0.6) is 0 Å². The van der Waals surface area contributed by atoms with Gasteiger partial charge in [-0.2, -0.15) is 0 Å². The molecular weight excluding hydrogens is 612 g/mol. The van der Waals surface area contributed by atoms with Crippen molar-refractivity contribution in [3.05, 3.63) is 112 Å². The van der Waals surface area contributed by atoms with Gasteiger partial charge in [0.2, 0.25) is 5.91 Å². The highest BCUT2D eigenvalue weighted by atomic mass is 35.5. The van der Waals surface area contributed by atoms with Gasteiger partial charge >= 0.3 is 6.09 Å². The van der Waals surface area contributed by atoms with Gasteiger partial charge in [-0.25, -0.2) is 9.78 Å². The number of pyridine rings is 1. The number of piperazine rings is 1. The van der Waals surface area contributed by atoms with E-state index in [1.807, 2.05) is 55.7 Å². The number of anilines is 1. The van der Waals surface area contributed by atoms with Crippen LogP contribution in [0.3, 0.4) is 0 Å². The highest BCUT2D eigenvalue weighted by Gasteiger charge is 2.41. The number of aryl methyl sites for hydroxylation is 3. The van der Waals surface area contributed by atoms with Gasteiger partial charge in [0.25, 0.3) is 0 Å². The van der Waals surface area contributed by atoms with E-state index in [0.29, 0.717) is 36.9 Å². The van der Waals surface area contributed by atoms with Crippen LogP contribution in [0, 0.1) is 6.92 Å². The minimum absolute atomic E-state index is 0.101. The molecule has 0 bridgehead atoms. The SMILES string of the molecule is Cc1cncn1Cc1cccc(NC(=O)C2CN(C3c4ccc(Cl)cc4CCc4cccnc43)CCN2C(=O)OC2CCCCC2)c1. The molecule has 2 fully saturated rings. The molecule has 1 saturated heterocycles. The van der Waals surface area contributed by atoms with E-state index in [1.165, 1.54) is 17.5 Å². The maximum absolute atomic E-state index is 14.3. The second-order valence-electron chi connectivity index (χ2n) is 13.0. The number of halogens is 1. The fourth-order valence-corrected chi connectivity index (χ4v) is 7.54. The molecule has 2 unspecified atom stereocenters. The molecule has 0 radical (unpaired) electrons. The number of fused-ring (bicyclic) bond motifs is 2. The average Bonchev–Trinajstić information content (AvgIpc) is 3.41. The number of hydrogen-bond acceptors (Lipinski definition) is 6. The molecule has 4 aromatic rings. The summed E-state index contributed by atoms with van der Waals surface area (Å²) in [6, 6.07) is 17.1. The Kier molecular flexibility index (Phi) is 9.27. The van der Waals surface area contributed by atoms with E-state index in [-0.39, 0.29) is 18.1 Å². The van der Waals surface area contributed by atoms with Crippen LogP contribution in [0.2, 0.25) is 5.02 Å². The first-order chi connectivity index (χ1) is 22.9. The van der Waals surface area contributed by atoms with Crippen LogP contribution in [-0.4, -0.2) is 68.1 Å². The van der Waals surface area contributed by atoms with Crippen LogP contribution in [-0.2, 0) is 28.9 Å². The third kappa shape index (κ3) is 6.92. The fourth-order valence-electron chi connectivity index (χ4n) is 7.35. The van der Waals surface area contributed by atoms with Gasteiger partial charge in [0.15, 0.2) is 0 Å². The topological polar surface area (TPSA) is 92.6 Å². The lowest BCUT2D eigenvalue weighted by atomic mass is 9.95. The van der Waals surface area contributed by atoms with Crippen molar-refractivity contribution in [2.45, 2.75) is 76.6 Å². The number of ether oxygens (including phenoxy) is 1. The monoisotopic (exact) mass is 652 g/mol. The van der Waals surface area contributed by atoms with E-state index in [0.717, 1.165) is 61.0 Å². The molecular formula is C37H41ClN6O3. The Balaban J connectivity index is 1.18. The Labute approximate surface area is 280 Å². The van der Waals surface area contributed by atoms with E-state index in [2.05, 4.69) is 38.0 Å². The lowest BCUT2D eigenvalue weighted by Crippen LogP contribution is -2.60. The zero-order chi connectivity index (χ0) is 32.3. The van der Waals surface area contributed by atoms with Crippen LogP contribution in [0.1, 0.15) is 71.8 Å². The molecule has 10 heteroatoms. The van der Waals surface area contributed by atoms with Crippen LogP contribution in [0.25, 0.3) is 0 Å². The van der Waals surface area contributed by atoms with Crippen molar-refractivity contribution in [3.63, 3.8) is 0 Å². The van der Waals surface area contributed by atoms with Crippen molar-refractivity contribution in [3.8, 4) is 0 Å². The Bertz CT molecular complexity index is 1750. The lowest BCUT2D eigenvalue weighted by molar-refractivity contribution is -0.123. The molecule has 2 aromatic heterocycles. The number of carbonyl (C=O) groups is 2. The largest absolute Gasteiger partial charge is 0.446 e. The number of benzene rings is 2. The summed E-state index contributed by atoms with van der Waals surface area (Å²) in [5.74, 6) is -0.238. The Morgan fingerprint density at radius 1 is 1.00 bits per heavy atom. The molecule has 244 valence electrons. The number of nitrogens with zero attached hydrogens (tertiary/aromatic N) is 5. The standard InChI is InChI=1S/C37H41ClN6O3/c1-25-21-39-24-43(25)22-26-7-5-9-30(19-26)41-36(45)33-23-42(17-18-44(33)37(46)47-31-10-3-2-4-11-31)35-32-15-14-29(38)20-28(32)13-12-27-8-6-16-40-34(27)35/h5-9,14-16,19-21,24,31,33,35H,2-4,10-13,17-18,22-23H2,1H3,(H,41,45). The van der Waals surface area contributed by atoms with Crippen LogP contribution in [0.4, 0.5) is 10.5 Å². The summed E-state index contributed by atoms with van der Waals surface area (Å²) in [6.07, 6.45) is 11.7. The predicted octanol–water partition coefficient (Wildman–Crippen LogP) is 6.57. The van der Waals surface area contributed by atoms with Crippen molar-refractivity contribution >= 4 is 29.3 Å². The van der Waals surface area contributed by atoms with Crippen molar-refractivity contribution in [2.24, 2.45) is 0 Å². The molecule has 1 aliphatic heterocycles. The quantitative estimate of drug-likeness (QED) is 0.253. The third-order valence-electron chi connectivity index (χ3n) is 9.85. The zero-order valence-electron chi connectivity index (χ0n) is 26.8. The second-order valence-corrected chi connectivity index (χ2v) is 13.4. The maximum Gasteiger partial charge on any atom is 0.410 e. The summed E-state index contributed by atoms with van der Waals surface area (Å²) >= 11 is 6.46. The normalized spacial score (nSPS) is 20.2. The molecule has 3 heterocycles. The molecule has 1 N–H and O–H groups in total. The van der Waals surface area contributed by atoms with E-state index < -0.39 is 12.1 Å². The summed E-state index contributed by atoms with van der Waals surface area (Å²) in [4.78, 5) is 41.0. The Morgan fingerprint density at radius 2 is 1.85 bits per heavy atom. The number of carbonyl (C=O) groups excluding carboxylic acids is 2. The molecule has 2 amide bonds. The molecule has 3 aliphatic rings. The van der Waals surface area contributed by atoms with Gasteiger partial charge in [0, 0.05) is 55.0 Å². The number of hydrogen-bond donors (Lipinski definition) is 1. The fraction of sp³-hybridized carbons (Fsp3) is 0.405. The summed E-state index contributed by atoms with van der Waals surface area (Å²) in [5.41, 5.74) is 7.30. The number of amides is 2. The molecule has 2 atom stereocenters. The number of rotatable bonds is 6. The van der Waals surface area contributed by atoms with E-state index in [9.17, 15) is 9.59 Å². The molecule has 1 saturated carbocycles. The lowest BCUT2D eigenvalue weighted by Gasteiger charge is -2.43. The molecule has 2 aromatic carbocycles. The average molecular weight is 653 g/mol. The third-order valence-corrected chi connectivity index (χ3v) is 10.1. The van der Waals surface area contributed by atoms with Gasteiger partial charge in [0.05, 0.1) is 18.1 Å². The zero-order valence-corrected chi connectivity index (χ0v) is 27.5. The first-order valence-corrected chi connectivity index (χ1v) is 17.1. The number of imidazole rings is 1. The van der Waals surface area contributed by atoms with Gasteiger partial charge < -0.3 is 14.6 Å². The predicted molar refractivity (Wildman–Crippen MR) is 181 cm³/mol. The summed E-state index contributed by atoms with van der Waals surface area (Å²) < 4.78 is 8.09. The van der Waals surface area contributed by atoms with Gasteiger partial charge in [-0.1, -0.05) is 42.3 Å². The van der Waals surface area contributed by atoms with Gasteiger partial charge in [-0.15, -0.1) is 0 Å². The Hall–Kier alpha value is -4.21. The minimum atomic E-state index is -0.759. The number of nitrogens with one attached hydrogen (secondary N) is 1. The highest BCUT2D eigenvalue weighted by Crippen LogP contribution is 2.38. The van der Waals surface area contributed by atoms with Crippen LogP contribution >= 0.6 is 11.6 Å².